The summed E-state index contributed by atoms with van der Waals surface area (Å²) in [4.78, 5) is 29.4. The number of halogens is 1. The van der Waals surface area contributed by atoms with Gasteiger partial charge in [0.05, 0.1) is 6.04 Å². The number of nitrogens with one attached hydrogen (secondary N) is 3. The summed E-state index contributed by atoms with van der Waals surface area (Å²) in [6.07, 6.45) is 3.98. The second-order valence-corrected chi connectivity index (χ2v) is 5.03. The number of amides is 3. The van der Waals surface area contributed by atoms with E-state index in [-0.39, 0.29) is 30.8 Å². The molecule has 0 bridgehead atoms. The lowest BCUT2D eigenvalue weighted by molar-refractivity contribution is -0.120. The van der Waals surface area contributed by atoms with E-state index in [1.54, 1.807) is 6.20 Å². The molecule has 22 heavy (non-hydrogen) atoms. The number of hydrogen-bond donors (Lipinski definition) is 3. The smallest absolute Gasteiger partial charge is 0.321 e. The van der Waals surface area contributed by atoms with Gasteiger partial charge in [0, 0.05) is 59.1 Å². The Morgan fingerprint density at radius 2 is 2.27 bits per heavy atom. The van der Waals surface area contributed by atoms with Gasteiger partial charge in [-0.3, -0.25) is 15.0 Å². The molecule has 1 fully saturated rings. The van der Waals surface area contributed by atoms with Crippen LogP contribution in [0.25, 0.3) is 0 Å². The molecule has 1 atom stereocenters. The average molecular weight is 331 g/mol. The van der Waals surface area contributed by atoms with Crippen LogP contribution in [-0.2, 0) is 11.8 Å². The number of rotatable bonds is 4. The molecular formula is C13H23ClN6O2. The number of aryl methyl sites for hydroxylation is 1. The summed E-state index contributed by atoms with van der Waals surface area (Å²) in [5, 5.41) is 7.99. The first kappa shape index (κ1) is 18.4. The normalized spacial score (nSPS) is 18.4. The first-order valence-electron chi connectivity index (χ1n) is 7.05. The molecule has 2 rings (SSSR count). The monoisotopic (exact) mass is 330 g/mol. The SMILES string of the molecule is CNC(=O)NC(=O)CCN1CCNCC1c1nccn1C.Cl. The van der Waals surface area contributed by atoms with Crippen LogP contribution in [0.2, 0.25) is 0 Å². The third-order valence-corrected chi connectivity index (χ3v) is 3.62. The quantitative estimate of drug-likeness (QED) is 0.701. The van der Waals surface area contributed by atoms with Crippen molar-refractivity contribution in [3.63, 3.8) is 0 Å². The molecule has 0 aromatic carbocycles. The zero-order valence-electron chi connectivity index (χ0n) is 12.8. The first-order valence-corrected chi connectivity index (χ1v) is 7.05. The zero-order valence-corrected chi connectivity index (χ0v) is 13.7. The number of carbonyl (C=O) groups is 2. The number of nitrogens with zero attached hydrogens (tertiary/aromatic N) is 3. The summed E-state index contributed by atoms with van der Waals surface area (Å²) < 4.78 is 2.00. The largest absolute Gasteiger partial charge is 0.341 e. The maximum absolute atomic E-state index is 11.7. The molecule has 1 aromatic heterocycles. The fourth-order valence-electron chi connectivity index (χ4n) is 2.46. The van der Waals surface area contributed by atoms with Crippen LogP contribution in [0.5, 0.6) is 0 Å². The van der Waals surface area contributed by atoms with Gasteiger partial charge >= 0.3 is 6.03 Å². The van der Waals surface area contributed by atoms with Crippen LogP contribution in [0.1, 0.15) is 18.3 Å². The lowest BCUT2D eigenvalue weighted by Crippen LogP contribution is -2.48. The van der Waals surface area contributed by atoms with Crippen molar-refractivity contribution in [3.8, 4) is 0 Å². The molecule has 1 saturated heterocycles. The highest BCUT2D eigenvalue weighted by Gasteiger charge is 2.26. The van der Waals surface area contributed by atoms with Crippen LogP contribution in [0.15, 0.2) is 12.4 Å². The summed E-state index contributed by atoms with van der Waals surface area (Å²) in [6, 6.07) is -0.326. The molecule has 0 radical (unpaired) electrons. The van der Waals surface area contributed by atoms with Crippen LogP contribution in [0.3, 0.4) is 0 Å². The summed E-state index contributed by atoms with van der Waals surface area (Å²) in [5.41, 5.74) is 0. The molecule has 3 amide bonds. The number of carbonyl (C=O) groups excluding carboxylic acids is 2. The fraction of sp³-hybridized carbons (Fsp3) is 0.615. The van der Waals surface area contributed by atoms with Gasteiger partial charge in [-0.05, 0) is 0 Å². The van der Waals surface area contributed by atoms with E-state index in [0.717, 1.165) is 25.5 Å². The first-order chi connectivity index (χ1) is 10.1. The van der Waals surface area contributed by atoms with Crippen LogP contribution in [0, 0.1) is 0 Å². The van der Waals surface area contributed by atoms with Crippen molar-refractivity contribution in [1.82, 2.24) is 30.4 Å². The number of imide groups is 1. The van der Waals surface area contributed by atoms with E-state index in [2.05, 4.69) is 25.8 Å². The van der Waals surface area contributed by atoms with Gasteiger partial charge in [0.25, 0.3) is 0 Å². The van der Waals surface area contributed by atoms with E-state index < -0.39 is 6.03 Å². The Kier molecular flexibility index (Phi) is 7.30. The number of piperazine rings is 1. The number of aromatic nitrogens is 2. The van der Waals surface area contributed by atoms with Gasteiger partial charge < -0.3 is 15.2 Å². The van der Waals surface area contributed by atoms with Crippen molar-refractivity contribution >= 4 is 24.3 Å². The van der Waals surface area contributed by atoms with E-state index in [4.69, 9.17) is 0 Å². The van der Waals surface area contributed by atoms with E-state index >= 15 is 0 Å². The Morgan fingerprint density at radius 3 is 2.91 bits per heavy atom. The van der Waals surface area contributed by atoms with Gasteiger partial charge in [-0.1, -0.05) is 0 Å². The summed E-state index contributed by atoms with van der Waals surface area (Å²) in [6.45, 7) is 3.15. The van der Waals surface area contributed by atoms with Gasteiger partial charge in [0.2, 0.25) is 5.91 Å². The van der Waals surface area contributed by atoms with Crippen molar-refractivity contribution in [3.05, 3.63) is 18.2 Å². The summed E-state index contributed by atoms with van der Waals surface area (Å²) in [7, 11) is 3.45. The molecule has 124 valence electrons. The second-order valence-electron chi connectivity index (χ2n) is 5.03. The molecule has 8 nitrogen and oxygen atoms in total. The maximum Gasteiger partial charge on any atom is 0.321 e. The average Bonchev–Trinajstić information content (AvgIpc) is 2.91. The molecule has 1 unspecified atom stereocenters. The Hall–Kier alpha value is -1.64. The summed E-state index contributed by atoms with van der Waals surface area (Å²) in [5.74, 6) is 0.709. The molecule has 2 heterocycles. The van der Waals surface area contributed by atoms with Gasteiger partial charge in [-0.15, -0.1) is 12.4 Å². The molecular weight excluding hydrogens is 308 g/mol. The van der Waals surface area contributed by atoms with E-state index in [1.165, 1.54) is 7.05 Å². The standard InChI is InChI=1S/C13H22N6O2.ClH/c1-14-13(21)17-11(20)3-6-19-8-4-15-9-10(19)12-16-5-7-18(12)2;/h5,7,10,15H,3-4,6,8-9H2,1-2H3,(H2,14,17,20,21);1H. The minimum absolute atomic E-state index is 0. The van der Waals surface area contributed by atoms with Crippen LogP contribution >= 0.6 is 12.4 Å². The molecule has 9 heteroatoms. The zero-order chi connectivity index (χ0) is 15.2. The van der Waals surface area contributed by atoms with Crippen LogP contribution < -0.4 is 16.0 Å². The van der Waals surface area contributed by atoms with Gasteiger partial charge in [-0.2, -0.15) is 0 Å². The van der Waals surface area contributed by atoms with E-state index in [0.29, 0.717) is 6.54 Å². The summed E-state index contributed by atoms with van der Waals surface area (Å²) >= 11 is 0. The molecule has 1 aliphatic heterocycles. The molecule has 3 N–H and O–H groups in total. The Morgan fingerprint density at radius 1 is 1.50 bits per heavy atom. The third-order valence-electron chi connectivity index (χ3n) is 3.62. The Balaban J connectivity index is 0.00000242. The third kappa shape index (κ3) is 4.69. The highest BCUT2D eigenvalue weighted by Crippen LogP contribution is 2.20. The molecule has 0 aliphatic carbocycles. The minimum Gasteiger partial charge on any atom is -0.341 e. The topological polar surface area (TPSA) is 91.3 Å². The van der Waals surface area contributed by atoms with Crippen LogP contribution in [-0.4, -0.2) is 59.6 Å². The van der Waals surface area contributed by atoms with Gasteiger partial charge in [0.1, 0.15) is 5.82 Å². The van der Waals surface area contributed by atoms with Crippen molar-refractivity contribution in [2.75, 3.05) is 33.2 Å². The van der Waals surface area contributed by atoms with E-state index in [1.807, 2.05) is 17.8 Å². The Labute approximate surface area is 136 Å². The molecule has 0 saturated carbocycles. The van der Waals surface area contributed by atoms with Gasteiger partial charge in [0.15, 0.2) is 0 Å². The maximum atomic E-state index is 11.7. The lowest BCUT2D eigenvalue weighted by atomic mass is 10.1. The minimum atomic E-state index is -0.471. The number of urea groups is 1. The highest BCUT2D eigenvalue weighted by molar-refractivity contribution is 5.94. The lowest BCUT2D eigenvalue weighted by Gasteiger charge is -2.35. The molecule has 1 aromatic rings. The highest BCUT2D eigenvalue weighted by atomic mass is 35.5. The second kappa shape index (κ2) is 8.72. The molecule has 0 spiro atoms. The molecule has 1 aliphatic rings. The predicted molar refractivity (Wildman–Crippen MR) is 84.9 cm³/mol. The number of imidazole rings is 1. The van der Waals surface area contributed by atoms with Crippen molar-refractivity contribution in [2.45, 2.75) is 12.5 Å². The van der Waals surface area contributed by atoms with Gasteiger partial charge in [-0.25, -0.2) is 9.78 Å². The predicted octanol–water partition coefficient (Wildman–Crippen LogP) is -0.366. The van der Waals surface area contributed by atoms with Crippen molar-refractivity contribution < 1.29 is 9.59 Å². The van der Waals surface area contributed by atoms with E-state index in [9.17, 15) is 9.59 Å². The van der Waals surface area contributed by atoms with Crippen molar-refractivity contribution in [1.29, 1.82) is 0 Å². The Bertz CT molecular complexity index is 506. The van der Waals surface area contributed by atoms with Crippen molar-refractivity contribution in [2.24, 2.45) is 7.05 Å². The van der Waals surface area contributed by atoms with Crippen LogP contribution in [0.4, 0.5) is 4.79 Å². The fourth-order valence-corrected chi connectivity index (χ4v) is 2.46. The number of hydrogen-bond acceptors (Lipinski definition) is 5.